The molecule has 0 aliphatic rings. The summed E-state index contributed by atoms with van der Waals surface area (Å²) in [5.41, 5.74) is 5.36. The molecule has 0 atom stereocenters. The first-order valence-corrected chi connectivity index (χ1v) is 8.84. The van der Waals surface area contributed by atoms with Crippen molar-refractivity contribution in [2.45, 2.75) is 6.42 Å². The molecule has 0 unspecified atom stereocenters. The number of nitrogens with zero attached hydrogens (tertiary/aromatic N) is 6. The monoisotopic (exact) mass is 362 g/mol. The Morgan fingerprint density at radius 1 is 0.929 bits per heavy atom. The highest BCUT2D eigenvalue weighted by atomic mass is 15.3. The van der Waals surface area contributed by atoms with Crippen molar-refractivity contribution in [2.24, 2.45) is 0 Å². The minimum Gasteiger partial charge on any atom is -0.256 e. The maximum Gasteiger partial charge on any atom is 0.250 e. The molecule has 0 saturated heterocycles. The number of benzene rings is 2. The second kappa shape index (κ2) is 6.56. The molecule has 28 heavy (non-hydrogen) atoms. The lowest BCUT2D eigenvalue weighted by atomic mass is 10.1. The summed E-state index contributed by atoms with van der Waals surface area (Å²) in [6.07, 6.45) is 6.00. The lowest BCUT2D eigenvalue weighted by Gasteiger charge is -2.05. The topological polar surface area (TPSA) is 79.8 Å². The van der Waals surface area contributed by atoms with Crippen LogP contribution in [-0.2, 0) is 6.42 Å². The molecule has 5 rings (SSSR count). The average Bonchev–Trinajstić information content (AvgIpc) is 3.16. The molecule has 3 heterocycles. The largest absolute Gasteiger partial charge is 0.256 e. The summed E-state index contributed by atoms with van der Waals surface area (Å²) in [6.45, 7) is 0. The van der Waals surface area contributed by atoms with Gasteiger partial charge in [0.15, 0.2) is 0 Å². The van der Waals surface area contributed by atoms with Crippen LogP contribution in [0.2, 0.25) is 0 Å². The number of fused-ring (bicyclic) bond motifs is 2. The van der Waals surface area contributed by atoms with Crippen molar-refractivity contribution in [2.75, 3.05) is 0 Å². The predicted molar refractivity (Wildman–Crippen MR) is 105 cm³/mol. The van der Waals surface area contributed by atoms with Gasteiger partial charge in [-0.05, 0) is 35.9 Å². The third-order valence-corrected chi connectivity index (χ3v) is 4.66. The van der Waals surface area contributed by atoms with Gasteiger partial charge in [0, 0.05) is 23.6 Å². The minimum absolute atomic E-state index is 0.565. The molecule has 0 aliphatic carbocycles. The Hall–Kier alpha value is -4.11. The van der Waals surface area contributed by atoms with Crippen LogP contribution >= 0.6 is 0 Å². The first kappa shape index (κ1) is 16.1. The van der Waals surface area contributed by atoms with E-state index in [1.165, 1.54) is 0 Å². The Labute approximate surface area is 160 Å². The van der Waals surface area contributed by atoms with E-state index < -0.39 is 0 Å². The Morgan fingerprint density at radius 2 is 1.79 bits per heavy atom. The normalized spacial score (nSPS) is 11.0. The van der Waals surface area contributed by atoms with E-state index in [0.717, 1.165) is 33.4 Å². The maximum absolute atomic E-state index is 8.96. The fourth-order valence-electron chi connectivity index (χ4n) is 3.23. The van der Waals surface area contributed by atoms with E-state index in [1.54, 1.807) is 29.0 Å². The zero-order valence-corrected chi connectivity index (χ0v) is 14.8. The second-order valence-electron chi connectivity index (χ2n) is 6.50. The molecule has 0 aliphatic heterocycles. The highest BCUT2D eigenvalue weighted by Crippen LogP contribution is 2.19. The van der Waals surface area contributed by atoms with Crippen molar-refractivity contribution in [1.82, 2.24) is 24.6 Å². The van der Waals surface area contributed by atoms with Crippen molar-refractivity contribution in [3.05, 3.63) is 90.0 Å². The summed E-state index contributed by atoms with van der Waals surface area (Å²) in [6, 6.07) is 19.7. The zero-order valence-electron chi connectivity index (χ0n) is 14.8. The van der Waals surface area contributed by atoms with Gasteiger partial charge in [0.2, 0.25) is 0 Å². The quantitative estimate of drug-likeness (QED) is 0.488. The summed E-state index contributed by atoms with van der Waals surface area (Å²) in [5, 5.41) is 14.8. The van der Waals surface area contributed by atoms with Gasteiger partial charge >= 0.3 is 0 Å². The zero-order chi connectivity index (χ0) is 18.9. The van der Waals surface area contributed by atoms with Crippen LogP contribution in [0.15, 0.2) is 73.2 Å². The van der Waals surface area contributed by atoms with Crippen molar-refractivity contribution >= 4 is 16.7 Å². The molecular formula is C22H14N6. The van der Waals surface area contributed by atoms with E-state index in [-0.39, 0.29) is 0 Å². The van der Waals surface area contributed by atoms with E-state index >= 15 is 0 Å². The molecule has 2 aromatic carbocycles. The number of aromatic nitrogens is 5. The molecule has 0 saturated carbocycles. The standard InChI is InChI=1S/C22H14N6/c23-12-15-3-6-17(7-4-15)21-14-26-22-25-13-19(28(22)27-21)11-16-5-8-20-18(10-16)2-1-9-24-20/h1-10,13-14H,11H2. The number of hydrogen-bond donors (Lipinski definition) is 0. The van der Waals surface area contributed by atoms with Gasteiger partial charge in [-0.1, -0.05) is 24.3 Å². The van der Waals surface area contributed by atoms with E-state index in [9.17, 15) is 0 Å². The van der Waals surface area contributed by atoms with Gasteiger partial charge in [0.05, 0.1) is 35.2 Å². The van der Waals surface area contributed by atoms with Crippen molar-refractivity contribution in [1.29, 1.82) is 5.26 Å². The van der Waals surface area contributed by atoms with E-state index in [4.69, 9.17) is 10.4 Å². The smallest absolute Gasteiger partial charge is 0.250 e. The van der Waals surface area contributed by atoms with Crippen molar-refractivity contribution < 1.29 is 0 Å². The Bertz CT molecular complexity index is 1350. The Balaban J connectivity index is 1.52. The number of imidazole rings is 1. The van der Waals surface area contributed by atoms with Crippen LogP contribution in [0.25, 0.3) is 27.9 Å². The van der Waals surface area contributed by atoms with Crippen LogP contribution in [0, 0.1) is 11.3 Å². The third kappa shape index (κ3) is 2.85. The number of hydrogen-bond acceptors (Lipinski definition) is 5. The summed E-state index contributed by atoms with van der Waals surface area (Å²) in [4.78, 5) is 13.2. The Morgan fingerprint density at radius 3 is 2.64 bits per heavy atom. The van der Waals surface area contributed by atoms with Crippen LogP contribution in [0.5, 0.6) is 0 Å². The molecule has 132 valence electrons. The van der Waals surface area contributed by atoms with Gasteiger partial charge in [0.1, 0.15) is 5.69 Å². The molecule has 0 spiro atoms. The Kier molecular flexibility index (Phi) is 3.77. The van der Waals surface area contributed by atoms with Crippen LogP contribution in [0.3, 0.4) is 0 Å². The number of nitriles is 1. The minimum atomic E-state index is 0.565. The lowest BCUT2D eigenvalue weighted by Crippen LogP contribution is -2.02. The fraction of sp³-hybridized carbons (Fsp3) is 0.0455. The van der Waals surface area contributed by atoms with Crippen LogP contribution < -0.4 is 0 Å². The van der Waals surface area contributed by atoms with Gasteiger partial charge in [-0.15, -0.1) is 0 Å². The number of rotatable bonds is 3. The molecule has 0 bridgehead atoms. The van der Waals surface area contributed by atoms with Crippen LogP contribution in [-0.4, -0.2) is 24.6 Å². The SMILES string of the molecule is N#Cc1ccc(-c2cnc3ncc(Cc4ccc5ncccc5c4)n3n2)cc1. The van der Waals surface area contributed by atoms with Crippen molar-refractivity contribution in [3.63, 3.8) is 0 Å². The predicted octanol–water partition coefficient (Wildman–Crippen LogP) is 3.80. The van der Waals surface area contributed by atoms with Gasteiger partial charge in [-0.3, -0.25) is 4.98 Å². The van der Waals surface area contributed by atoms with Crippen LogP contribution in [0.4, 0.5) is 0 Å². The van der Waals surface area contributed by atoms with Gasteiger partial charge in [-0.25, -0.2) is 14.5 Å². The fourth-order valence-corrected chi connectivity index (χ4v) is 3.23. The highest BCUT2D eigenvalue weighted by Gasteiger charge is 2.10. The number of pyridine rings is 1. The molecule has 0 amide bonds. The molecule has 0 fully saturated rings. The highest BCUT2D eigenvalue weighted by molar-refractivity contribution is 5.79. The maximum atomic E-state index is 8.96. The molecule has 3 aromatic heterocycles. The van der Waals surface area contributed by atoms with Gasteiger partial charge < -0.3 is 0 Å². The molecule has 6 nitrogen and oxygen atoms in total. The van der Waals surface area contributed by atoms with Crippen LogP contribution in [0.1, 0.15) is 16.8 Å². The van der Waals surface area contributed by atoms with Gasteiger partial charge in [0.25, 0.3) is 5.78 Å². The molecule has 6 heteroatoms. The lowest BCUT2D eigenvalue weighted by molar-refractivity contribution is 0.854. The summed E-state index contributed by atoms with van der Waals surface area (Å²) < 4.78 is 1.78. The molecule has 0 N–H and O–H groups in total. The van der Waals surface area contributed by atoms with E-state index in [1.807, 2.05) is 30.5 Å². The van der Waals surface area contributed by atoms with Gasteiger partial charge in [-0.2, -0.15) is 10.4 Å². The molecule has 5 aromatic rings. The second-order valence-corrected chi connectivity index (χ2v) is 6.50. The summed E-state index contributed by atoms with van der Waals surface area (Å²) in [5.74, 6) is 0.565. The average molecular weight is 362 g/mol. The van der Waals surface area contributed by atoms with E-state index in [0.29, 0.717) is 17.8 Å². The van der Waals surface area contributed by atoms with Crippen molar-refractivity contribution in [3.8, 4) is 17.3 Å². The summed E-state index contributed by atoms with van der Waals surface area (Å²) >= 11 is 0. The molecule has 0 radical (unpaired) electrons. The first-order valence-electron chi connectivity index (χ1n) is 8.84. The molecular weight excluding hydrogens is 348 g/mol. The van der Waals surface area contributed by atoms with E-state index in [2.05, 4.69) is 39.2 Å². The third-order valence-electron chi connectivity index (χ3n) is 4.66. The summed E-state index contributed by atoms with van der Waals surface area (Å²) in [7, 11) is 0. The first-order chi connectivity index (χ1) is 13.8.